The monoisotopic (exact) mass is 368 g/mol. The van der Waals surface area contributed by atoms with Gasteiger partial charge in [0, 0.05) is 49.4 Å². The van der Waals surface area contributed by atoms with E-state index >= 15 is 0 Å². The van der Waals surface area contributed by atoms with Crippen LogP contribution in [0.2, 0.25) is 0 Å². The third-order valence-electron chi connectivity index (χ3n) is 6.24. The normalized spacial score (nSPS) is 21.2. The summed E-state index contributed by atoms with van der Waals surface area (Å²) in [5.41, 5.74) is 6.66. The summed E-state index contributed by atoms with van der Waals surface area (Å²) in [5.74, 6) is 0.943. The minimum Gasteiger partial charge on any atom is -0.361 e. The van der Waals surface area contributed by atoms with E-state index in [4.69, 9.17) is 0 Å². The average Bonchev–Trinajstić information content (AvgIpc) is 3.29. The van der Waals surface area contributed by atoms with E-state index < -0.39 is 0 Å². The van der Waals surface area contributed by atoms with Gasteiger partial charge in [0.2, 0.25) is 0 Å². The number of fused-ring (bicyclic) bond motifs is 1. The first-order valence-electron chi connectivity index (χ1n) is 9.90. The molecular weight excluding hydrogens is 339 g/mol. The molecule has 1 fully saturated rings. The van der Waals surface area contributed by atoms with Gasteiger partial charge >= 0.3 is 0 Å². The Bertz CT molecular complexity index is 926. The van der Waals surface area contributed by atoms with Gasteiger partial charge in [-0.15, -0.1) is 0 Å². The van der Waals surface area contributed by atoms with Crippen molar-refractivity contribution in [3.63, 3.8) is 0 Å². The second kappa shape index (κ2) is 7.47. The standard InChI is InChI=1S/C22H29FN4/c1-15-10-16(2)22-19(4-7-24-22)20(15)11-17-5-8-27(9-6-23)14-21(17)18-12-25-26(3)13-18/h4,7,10,12-13,17,21,24H,5-6,8-9,11,14H2,1-3H3/t17-,21+/m0/s1. The number of H-pyrrole nitrogens is 1. The fourth-order valence-electron chi connectivity index (χ4n) is 4.82. The smallest absolute Gasteiger partial charge is 0.102 e. The van der Waals surface area contributed by atoms with Crippen LogP contribution in [0.3, 0.4) is 0 Å². The molecule has 0 radical (unpaired) electrons. The lowest BCUT2D eigenvalue weighted by molar-refractivity contribution is 0.149. The Morgan fingerprint density at radius 2 is 2.15 bits per heavy atom. The van der Waals surface area contributed by atoms with E-state index in [1.165, 1.54) is 33.2 Å². The number of likely N-dealkylation sites (tertiary alicyclic amines) is 1. The summed E-state index contributed by atoms with van der Waals surface area (Å²) >= 11 is 0. The molecule has 1 N–H and O–H groups in total. The number of aromatic amines is 1. The number of nitrogens with one attached hydrogen (secondary N) is 1. The first-order chi connectivity index (χ1) is 13.1. The maximum atomic E-state index is 12.9. The highest BCUT2D eigenvalue weighted by atomic mass is 19.1. The average molecular weight is 369 g/mol. The Labute approximate surface area is 160 Å². The van der Waals surface area contributed by atoms with Gasteiger partial charge in [-0.25, -0.2) is 4.39 Å². The molecule has 4 rings (SSSR count). The Morgan fingerprint density at radius 1 is 1.30 bits per heavy atom. The van der Waals surface area contributed by atoms with Gasteiger partial charge in [0.15, 0.2) is 0 Å². The number of rotatable bonds is 5. The number of nitrogens with zero attached hydrogens (tertiary/aromatic N) is 3. The summed E-state index contributed by atoms with van der Waals surface area (Å²) in [6, 6.07) is 4.51. The molecule has 27 heavy (non-hydrogen) atoms. The van der Waals surface area contributed by atoms with Crippen molar-refractivity contribution in [1.82, 2.24) is 19.7 Å². The second-order valence-electron chi connectivity index (χ2n) is 8.05. The van der Waals surface area contributed by atoms with Crippen molar-refractivity contribution in [3.05, 3.63) is 53.0 Å². The zero-order valence-electron chi connectivity index (χ0n) is 16.5. The summed E-state index contributed by atoms with van der Waals surface area (Å²) in [5, 5.41) is 5.74. The minimum absolute atomic E-state index is 0.272. The molecule has 3 heterocycles. The summed E-state index contributed by atoms with van der Waals surface area (Å²) in [7, 11) is 1.97. The predicted octanol–water partition coefficient (Wildman–Crippen LogP) is 4.14. The van der Waals surface area contributed by atoms with Crippen LogP contribution in [-0.4, -0.2) is 46.0 Å². The van der Waals surface area contributed by atoms with Crippen LogP contribution in [0.4, 0.5) is 4.39 Å². The van der Waals surface area contributed by atoms with Gasteiger partial charge in [0.05, 0.1) is 6.20 Å². The van der Waals surface area contributed by atoms with Crippen molar-refractivity contribution >= 4 is 10.9 Å². The summed E-state index contributed by atoms with van der Waals surface area (Å²) in [4.78, 5) is 5.67. The summed E-state index contributed by atoms with van der Waals surface area (Å²) in [6.45, 7) is 6.56. The topological polar surface area (TPSA) is 36.9 Å². The first kappa shape index (κ1) is 18.2. The van der Waals surface area contributed by atoms with E-state index in [0.29, 0.717) is 18.4 Å². The SMILES string of the molecule is Cc1cc(C)c2[nH]ccc2c1C[C@@H]1CCN(CCF)C[C@H]1c1cnn(C)c1. The zero-order valence-corrected chi connectivity index (χ0v) is 16.5. The van der Waals surface area contributed by atoms with Gasteiger partial charge in [-0.2, -0.15) is 5.10 Å². The highest BCUT2D eigenvalue weighted by Gasteiger charge is 2.32. The fourth-order valence-corrected chi connectivity index (χ4v) is 4.82. The van der Waals surface area contributed by atoms with Crippen LogP contribution in [0.5, 0.6) is 0 Å². The molecule has 1 aliphatic heterocycles. The van der Waals surface area contributed by atoms with Crippen LogP contribution in [0.1, 0.15) is 34.6 Å². The molecule has 2 aromatic heterocycles. The van der Waals surface area contributed by atoms with Crippen molar-refractivity contribution in [1.29, 1.82) is 0 Å². The van der Waals surface area contributed by atoms with Crippen LogP contribution in [0.25, 0.3) is 10.9 Å². The van der Waals surface area contributed by atoms with Crippen molar-refractivity contribution in [2.45, 2.75) is 32.6 Å². The van der Waals surface area contributed by atoms with Gasteiger partial charge < -0.3 is 9.88 Å². The van der Waals surface area contributed by atoms with Gasteiger partial charge in [-0.05, 0) is 67.5 Å². The maximum absolute atomic E-state index is 12.9. The molecule has 0 amide bonds. The van der Waals surface area contributed by atoms with E-state index in [0.717, 1.165) is 25.9 Å². The summed E-state index contributed by atoms with van der Waals surface area (Å²) in [6.07, 6.45) is 8.32. The fraction of sp³-hybridized carbons (Fsp3) is 0.500. The Balaban J connectivity index is 1.66. The zero-order chi connectivity index (χ0) is 19.0. The molecule has 144 valence electrons. The lowest BCUT2D eigenvalue weighted by atomic mass is 9.77. The van der Waals surface area contributed by atoms with E-state index in [1.807, 2.05) is 24.1 Å². The lowest BCUT2D eigenvalue weighted by Crippen LogP contribution is -2.41. The van der Waals surface area contributed by atoms with Crippen LogP contribution >= 0.6 is 0 Å². The number of hydrogen-bond acceptors (Lipinski definition) is 2. The molecule has 0 unspecified atom stereocenters. The number of piperidine rings is 1. The molecular formula is C22H29FN4. The Morgan fingerprint density at radius 3 is 2.89 bits per heavy atom. The third kappa shape index (κ3) is 3.53. The van der Waals surface area contributed by atoms with Gasteiger partial charge in [0.25, 0.3) is 0 Å². The Hall–Kier alpha value is -2.14. The molecule has 3 aromatic rings. The predicted molar refractivity (Wildman–Crippen MR) is 108 cm³/mol. The van der Waals surface area contributed by atoms with Crippen LogP contribution in [-0.2, 0) is 13.5 Å². The van der Waals surface area contributed by atoms with E-state index in [-0.39, 0.29) is 6.67 Å². The van der Waals surface area contributed by atoms with E-state index in [9.17, 15) is 4.39 Å². The molecule has 0 spiro atoms. The van der Waals surface area contributed by atoms with E-state index in [2.05, 4.69) is 47.2 Å². The third-order valence-corrected chi connectivity index (χ3v) is 6.24. The summed E-state index contributed by atoms with van der Waals surface area (Å²) < 4.78 is 14.8. The number of hydrogen-bond donors (Lipinski definition) is 1. The number of aryl methyl sites for hydroxylation is 3. The van der Waals surface area contributed by atoms with Crippen LogP contribution in [0.15, 0.2) is 30.7 Å². The maximum Gasteiger partial charge on any atom is 0.102 e. The van der Waals surface area contributed by atoms with Crippen molar-refractivity contribution in [3.8, 4) is 0 Å². The Kier molecular flexibility index (Phi) is 5.04. The van der Waals surface area contributed by atoms with Crippen LogP contribution in [0, 0.1) is 19.8 Å². The number of halogens is 1. The van der Waals surface area contributed by atoms with Crippen LogP contribution < -0.4 is 0 Å². The van der Waals surface area contributed by atoms with Crippen molar-refractivity contribution in [2.24, 2.45) is 13.0 Å². The van der Waals surface area contributed by atoms with E-state index in [1.54, 1.807) is 0 Å². The number of alkyl halides is 1. The molecule has 0 saturated carbocycles. The highest BCUT2D eigenvalue weighted by molar-refractivity contribution is 5.87. The van der Waals surface area contributed by atoms with Gasteiger partial charge in [-0.1, -0.05) is 6.07 Å². The molecule has 5 heteroatoms. The molecule has 0 bridgehead atoms. The first-order valence-corrected chi connectivity index (χ1v) is 9.90. The van der Waals surface area contributed by atoms with Crippen molar-refractivity contribution in [2.75, 3.05) is 26.3 Å². The number of aromatic nitrogens is 3. The van der Waals surface area contributed by atoms with Gasteiger partial charge in [0.1, 0.15) is 6.67 Å². The largest absolute Gasteiger partial charge is 0.361 e. The quantitative estimate of drug-likeness (QED) is 0.735. The van der Waals surface area contributed by atoms with Crippen molar-refractivity contribution < 1.29 is 4.39 Å². The molecule has 1 aromatic carbocycles. The molecule has 1 aliphatic rings. The molecule has 0 aliphatic carbocycles. The lowest BCUT2D eigenvalue weighted by Gasteiger charge is -2.38. The highest BCUT2D eigenvalue weighted by Crippen LogP contribution is 2.37. The number of benzene rings is 1. The molecule has 2 atom stereocenters. The molecule has 1 saturated heterocycles. The second-order valence-corrected chi connectivity index (χ2v) is 8.05. The van der Waals surface area contributed by atoms with Gasteiger partial charge in [-0.3, -0.25) is 4.68 Å². The minimum atomic E-state index is -0.272. The molecule has 4 nitrogen and oxygen atoms in total.